The van der Waals surface area contributed by atoms with Gasteiger partial charge in [-0.3, -0.25) is 9.59 Å². The zero-order valence-electron chi connectivity index (χ0n) is 15.1. The van der Waals surface area contributed by atoms with Gasteiger partial charge in [-0.2, -0.15) is 0 Å². The monoisotopic (exact) mass is 426 g/mol. The zero-order valence-corrected chi connectivity index (χ0v) is 16.6. The molecule has 0 spiro atoms. The SMILES string of the molecule is O=C(Cl)c1ccccc1OCCOCCOCCOc1ccccc1C(=O)Cl. The van der Waals surface area contributed by atoms with Crippen LogP contribution in [0.25, 0.3) is 0 Å². The first-order chi connectivity index (χ1) is 13.6. The van der Waals surface area contributed by atoms with Crippen molar-refractivity contribution in [2.45, 2.75) is 0 Å². The predicted molar refractivity (Wildman–Crippen MR) is 106 cm³/mol. The number of halogens is 2. The molecule has 0 aliphatic heterocycles. The average Bonchev–Trinajstić information content (AvgIpc) is 2.69. The Balaban J connectivity index is 1.53. The van der Waals surface area contributed by atoms with Gasteiger partial charge in [-0.05, 0) is 47.5 Å². The molecule has 0 fully saturated rings. The molecular weight excluding hydrogens is 407 g/mol. The van der Waals surface area contributed by atoms with E-state index in [0.29, 0.717) is 49.1 Å². The van der Waals surface area contributed by atoms with Crippen LogP contribution in [-0.2, 0) is 9.47 Å². The van der Waals surface area contributed by atoms with Crippen molar-refractivity contribution in [1.82, 2.24) is 0 Å². The molecule has 150 valence electrons. The predicted octanol–water partition coefficient (Wildman–Crippen LogP) is 3.94. The number of benzene rings is 2. The van der Waals surface area contributed by atoms with Crippen LogP contribution < -0.4 is 9.47 Å². The lowest BCUT2D eigenvalue weighted by molar-refractivity contribution is 0.0272. The van der Waals surface area contributed by atoms with Crippen molar-refractivity contribution < 1.29 is 28.5 Å². The van der Waals surface area contributed by atoms with Crippen LogP contribution in [-0.4, -0.2) is 50.1 Å². The van der Waals surface area contributed by atoms with Gasteiger partial charge in [0.15, 0.2) is 0 Å². The third-order valence-electron chi connectivity index (χ3n) is 3.54. The number of carbonyl (C=O) groups excluding carboxylic acids is 2. The molecule has 0 heterocycles. The molecule has 0 unspecified atom stereocenters. The Morgan fingerprint density at radius 2 is 0.964 bits per heavy atom. The van der Waals surface area contributed by atoms with Crippen molar-refractivity contribution in [2.24, 2.45) is 0 Å². The van der Waals surface area contributed by atoms with Crippen molar-refractivity contribution >= 4 is 33.7 Å². The maximum atomic E-state index is 11.3. The van der Waals surface area contributed by atoms with E-state index in [9.17, 15) is 9.59 Å². The van der Waals surface area contributed by atoms with Gasteiger partial charge < -0.3 is 18.9 Å². The summed E-state index contributed by atoms with van der Waals surface area (Å²) < 4.78 is 21.8. The largest absolute Gasteiger partial charge is 0.490 e. The van der Waals surface area contributed by atoms with Crippen LogP contribution in [0.15, 0.2) is 48.5 Å². The summed E-state index contributed by atoms with van der Waals surface area (Å²) in [5.41, 5.74) is 0.648. The maximum Gasteiger partial charge on any atom is 0.256 e. The lowest BCUT2D eigenvalue weighted by atomic mass is 10.2. The molecule has 0 aromatic heterocycles. The Labute approximate surface area is 173 Å². The Kier molecular flexibility index (Phi) is 9.79. The smallest absolute Gasteiger partial charge is 0.256 e. The molecule has 6 nitrogen and oxygen atoms in total. The minimum atomic E-state index is -0.565. The van der Waals surface area contributed by atoms with Crippen LogP contribution in [0.4, 0.5) is 0 Å². The Morgan fingerprint density at radius 3 is 1.36 bits per heavy atom. The minimum absolute atomic E-state index is 0.285. The van der Waals surface area contributed by atoms with Crippen molar-refractivity contribution in [1.29, 1.82) is 0 Å². The molecule has 0 N–H and O–H groups in total. The number of ether oxygens (including phenoxy) is 4. The van der Waals surface area contributed by atoms with E-state index < -0.39 is 10.5 Å². The Hall–Kier alpha value is -2.12. The van der Waals surface area contributed by atoms with Crippen molar-refractivity contribution in [2.75, 3.05) is 39.6 Å². The first kappa shape index (κ1) is 22.2. The molecular formula is C20H20Cl2O6. The topological polar surface area (TPSA) is 71.1 Å². The second-order valence-electron chi connectivity index (χ2n) is 5.46. The zero-order chi connectivity index (χ0) is 20.2. The van der Waals surface area contributed by atoms with E-state index in [2.05, 4.69) is 0 Å². The third kappa shape index (κ3) is 7.48. The van der Waals surface area contributed by atoms with Gasteiger partial charge in [0.1, 0.15) is 24.7 Å². The summed E-state index contributed by atoms with van der Waals surface area (Å²) in [5, 5.41) is -1.13. The van der Waals surface area contributed by atoms with Crippen molar-refractivity contribution in [3.05, 3.63) is 59.7 Å². The van der Waals surface area contributed by atoms with Gasteiger partial charge in [0, 0.05) is 0 Å². The lowest BCUT2D eigenvalue weighted by Gasteiger charge is -2.10. The van der Waals surface area contributed by atoms with E-state index in [4.69, 9.17) is 42.1 Å². The summed E-state index contributed by atoms with van der Waals surface area (Å²) in [4.78, 5) is 22.5. The summed E-state index contributed by atoms with van der Waals surface area (Å²) in [6.07, 6.45) is 0. The first-order valence-electron chi connectivity index (χ1n) is 8.58. The number of hydrogen-bond donors (Lipinski definition) is 0. The minimum Gasteiger partial charge on any atom is -0.490 e. The molecule has 2 aromatic carbocycles. The fourth-order valence-corrected chi connectivity index (χ4v) is 2.57. The standard InChI is InChI=1S/C20H20Cl2O6/c21-19(23)15-5-1-3-7-17(15)27-13-11-25-9-10-26-12-14-28-18-8-4-2-6-16(18)20(22)24/h1-8H,9-14H2. The van der Waals surface area contributed by atoms with Crippen LogP contribution in [0.2, 0.25) is 0 Å². The Bertz CT molecular complexity index is 715. The van der Waals surface area contributed by atoms with Gasteiger partial charge in [0.2, 0.25) is 0 Å². The van der Waals surface area contributed by atoms with E-state index in [0.717, 1.165) is 0 Å². The molecule has 0 saturated heterocycles. The summed E-state index contributed by atoms with van der Waals surface area (Å²) in [5.74, 6) is 0.852. The van der Waals surface area contributed by atoms with E-state index in [-0.39, 0.29) is 13.2 Å². The van der Waals surface area contributed by atoms with E-state index in [1.807, 2.05) is 0 Å². The van der Waals surface area contributed by atoms with Crippen LogP contribution >= 0.6 is 23.2 Å². The highest BCUT2D eigenvalue weighted by molar-refractivity contribution is 6.68. The molecule has 0 radical (unpaired) electrons. The molecule has 0 bridgehead atoms. The second-order valence-corrected chi connectivity index (χ2v) is 6.15. The van der Waals surface area contributed by atoms with Crippen molar-refractivity contribution in [3.8, 4) is 11.5 Å². The highest BCUT2D eigenvalue weighted by Gasteiger charge is 2.09. The number of rotatable bonds is 13. The molecule has 2 rings (SSSR count). The normalized spacial score (nSPS) is 10.5. The van der Waals surface area contributed by atoms with E-state index in [1.54, 1.807) is 48.5 Å². The summed E-state index contributed by atoms with van der Waals surface area (Å²) in [6, 6.07) is 13.5. The summed E-state index contributed by atoms with van der Waals surface area (Å²) >= 11 is 11.0. The number of hydrogen-bond acceptors (Lipinski definition) is 6. The molecule has 0 saturated carbocycles. The van der Waals surface area contributed by atoms with Gasteiger partial charge in [0.05, 0.1) is 37.6 Å². The van der Waals surface area contributed by atoms with E-state index in [1.165, 1.54) is 0 Å². The van der Waals surface area contributed by atoms with E-state index >= 15 is 0 Å². The van der Waals surface area contributed by atoms with Crippen LogP contribution in [0, 0.1) is 0 Å². The molecule has 0 atom stereocenters. The average molecular weight is 427 g/mol. The van der Waals surface area contributed by atoms with Crippen LogP contribution in [0.3, 0.4) is 0 Å². The summed E-state index contributed by atoms with van der Waals surface area (Å²) in [6.45, 7) is 2.03. The van der Waals surface area contributed by atoms with Gasteiger partial charge in [-0.25, -0.2) is 0 Å². The lowest BCUT2D eigenvalue weighted by Crippen LogP contribution is -2.14. The number of carbonyl (C=O) groups is 2. The fourth-order valence-electron chi connectivity index (χ4n) is 2.25. The maximum absolute atomic E-state index is 11.3. The quantitative estimate of drug-likeness (QED) is 0.356. The van der Waals surface area contributed by atoms with Gasteiger partial charge >= 0.3 is 0 Å². The molecule has 0 aliphatic rings. The van der Waals surface area contributed by atoms with Crippen molar-refractivity contribution in [3.63, 3.8) is 0 Å². The molecule has 0 amide bonds. The molecule has 8 heteroatoms. The molecule has 28 heavy (non-hydrogen) atoms. The third-order valence-corrected chi connectivity index (χ3v) is 3.95. The highest BCUT2D eigenvalue weighted by atomic mass is 35.5. The summed E-state index contributed by atoms with van der Waals surface area (Å²) in [7, 11) is 0. The number of para-hydroxylation sites is 2. The second kappa shape index (κ2) is 12.4. The van der Waals surface area contributed by atoms with Gasteiger partial charge in [-0.1, -0.05) is 24.3 Å². The fraction of sp³-hybridized carbons (Fsp3) is 0.300. The van der Waals surface area contributed by atoms with Gasteiger partial charge in [-0.15, -0.1) is 0 Å². The Morgan fingerprint density at radius 1 is 0.607 bits per heavy atom. The van der Waals surface area contributed by atoms with Gasteiger partial charge in [0.25, 0.3) is 10.5 Å². The van der Waals surface area contributed by atoms with Crippen LogP contribution in [0.1, 0.15) is 20.7 Å². The molecule has 0 aliphatic carbocycles. The highest BCUT2D eigenvalue weighted by Crippen LogP contribution is 2.20. The first-order valence-corrected chi connectivity index (χ1v) is 9.34. The molecule has 2 aromatic rings. The van der Waals surface area contributed by atoms with Crippen LogP contribution in [0.5, 0.6) is 11.5 Å².